The number of hydrogen-bond donors (Lipinski definition) is 0. The highest BCUT2D eigenvalue weighted by atomic mass is 16.7. The molecule has 1 unspecified atom stereocenters. The fourth-order valence-corrected chi connectivity index (χ4v) is 1.85. The van der Waals surface area contributed by atoms with Gasteiger partial charge in [0.15, 0.2) is 6.29 Å². The second-order valence-electron chi connectivity index (χ2n) is 4.09. The first kappa shape index (κ1) is 16.4. The standard InChI is InChI=1S/C14H17NO3.C2H6/c1-4-6-11(5-2)14-16-8-7-13(17-14)12-9-10(3)18-15-12;1-2/h4-6,9,13-14H,1-2,7-8H2,3H3;1-2H3/b11-6+;/t13-,14?;/m0./s1. The topological polar surface area (TPSA) is 44.5 Å². The van der Waals surface area contributed by atoms with Crippen molar-refractivity contribution in [2.45, 2.75) is 39.6 Å². The Hall–Kier alpha value is -1.65. The van der Waals surface area contributed by atoms with Crippen LogP contribution in [0, 0.1) is 6.92 Å². The zero-order chi connectivity index (χ0) is 15.0. The number of ether oxygens (including phenoxy) is 2. The van der Waals surface area contributed by atoms with E-state index >= 15 is 0 Å². The Labute approximate surface area is 120 Å². The second kappa shape index (κ2) is 8.51. The lowest BCUT2D eigenvalue weighted by atomic mass is 10.1. The molecule has 0 spiro atoms. The van der Waals surface area contributed by atoms with Crippen molar-refractivity contribution in [1.29, 1.82) is 0 Å². The number of hydrogen-bond acceptors (Lipinski definition) is 4. The van der Waals surface area contributed by atoms with E-state index < -0.39 is 6.29 Å². The Bertz CT molecular complexity index is 462. The van der Waals surface area contributed by atoms with Gasteiger partial charge < -0.3 is 14.0 Å². The number of aromatic nitrogens is 1. The Morgan fingerprint density at radius 2 is 2.15 bits per heavy atom. The van der Waals surface area contributed by atoms with Crippen LogP contribution < -0.4 is 0 Å². The molecule has 2 rings (SSSR count). The first-order valence-corrected chi connectivity index (χ1v) is 6.90. The van der Waals surface area contributed by atoms with Gasteiger partial charge in [-0.05, 0) is 6.92 Å². The molecule has 0 amide bonds. The summed E-state index contributed by atoms with van der Waals surface area (Å²) >= 11 is 0. The smallest absolute Gasteiger partial charge is 0.184 e. The van der Waals surface area contributed by atoms with Gasteiger partial charge in [0.25, 0.3) is 0 Å². The first-order valence-electron chi connectivity index (χ1n) is 6.90. The van der Waals surface area contributed by atoms with Crippen LogP contribution in [0.2, 0.25) is 0 Å². The number of rotatable bonds is 4. The van der Waals surface area contributed by atoms with Crippen molar-refractivity contribution in [1.82, 2.24) is 5.16 Å². The van der Waals surface area contributed by atoms with E-state index in [4.69, 9.17) is 14.0 Å². The third-order valence-corrected chi connectivity index (χ3v) is 2.73. The molecular formula is C16H23NO3. The number of aryl methyl sites for hydroxylation is 1. The SMILES string of the molecule is C=C/C=C(\C=C)C1OCC[C@@H](c2cc(C)on2)O1.CC. The molecule has 0 radical (unpaired) electrons. The maximum absolute atomic E-state index is 5.86. The minimum absolute atomic E-state index is 0.102. The quantitative estimate of drug-likeness (QED) is 0.777. The summed E-state index contributed by atoms with van der Waals surface area (Å²) in [5, 5.41) is 3.98. The molecule has 2 atom stereocenters. The molecule has 0 saturated carbocycles. The average molecular weight is 277 g/mol. The van der Waals surface area contributed by atoms with Crippen molar-refractivity contribution < 1.29 is 14.0 Å². The molecule has 1 aromatic rings. The van der Waals surface area contributed by atoms with Crippen LogP contribution in [0.1, 0.15) is 37.8 Å². The fraction of sp³-hybridized carbons (Fsp3) is 0.438. The molecular weight excluding hydrogens is 254 g/mol. The summed E-state index contributed by atoms with van der Waals surface area (Å²) in [5.41, 5.74) is 1.66. The zero-order valence-electron chi connectivity index (χ0n) is 12.5. The third-order valence-electron chi connectivity index (χ3n) is 2.73. The van der Waals surface area contributed by atoms with E-state index in [9.17, 15) is 0 Å². The van der Waals surface area contributed by atoms with Crippen LogP contribution >= 0.6 is 0 Å². The van der Waals surface area contributed by atoms with Crippen molar-refractivity contribution in [2.75, 3.05) is 6.61 Å². The molecule has 1 fully saturated rings. The van der Waals surface area contributed by atoms with Gasteiger partial charge in [-0.25, -0.2) is 0 Å². The van der Waals surface area contributed by atoms with Gasteiger partial charge in [0.1, 0.15) is 17.6 Å². The van der Waals surface area contributed by atoms with E-state index in [2.05, 4.69) is 18.3 Å². The molecule has 20 heavy (non-hydrogen) atoms. The van der Waals surface area contributed by atoms with Gasteiger partial charge >= 0.3 is 0 Å². The van der Waals surface area contributed by atoms with E-state index in [0.717, 1.165) is 23.4 Å². The van der Waals surface area contributed by atoms with Crippen LogP contribution in [-0.2, 0) is 9.47 Å². The minimum atomic E-state index is -0.420. The summed E-state index contributed by atoms with van der Waals surface area (Å²) < 4.78 is 16.5. The minimum Gasteiger partial charge on any atom is -0.361 e. The molecule has 4 heteroatoms. The number of nitrogens with zero attached hydrogens (tertiary/aromatic N) is 1. The summed E-state index contributed by atoms with van der Waals surface area (Å²) in [6, 6.07) is 1.89. The van der Waals surface area contributed by atoms with E-state index in [1.54, 1.807) is 12.2 Å². The summed E-state index contributed by atoms with van der Waals surface area (Å²) in [5.74, 6) is 0.780. The van der Waals surface area contributed by atoms with Gasteiger partial charge in [0, 0.05) is 18.1 Å². The molecule has 1 aromatic heterocycles. The van der Waals surface area contributed by atoms with Gasteiger partial charge in [-0.3, -0.25) is 0 Å². The third kappa shape index (κ3) is 4.18. The first-order chi connectivity index (χ1) is 9.74. The van der Waals surface area contributed by atoms with Crippen LogP contribution in [0.15, 0.2) is 47.5 Å². The Morgan fingerprint density at radius 1 is 1.40 bits per heavy atom. The molecule has 4 nitrogen and oxygen atoms in total. The molecule has 110 valence electrons. The predicted molar refractivity (Wildman–Crippen MR) is 79.2 cm³/mol. The Morgan fingerprint density at radius 3 is 2.70 bits per heavy atom. The van der Waals surface area contributed by atoms with E-state index in [0.29, 0.717) is 6.61 Å². The molecule has 0 aromatic carbocycles. The lowest BCUT2D eigenvalue weighted by molar-refractivity contribution is -0.194. The summed E-state index contributed by atoms with van der Waals surface area (Å²) in [4.78, 5) is 0. The van der Waals surface area contributed by atoms with E-state index in [-0.39, 0.29) is 6.10 Å². The molecule has 0 bridgehead atoms. The summed E-state index contributed by atoms with van der Waals surface area (Å²) in [7, 11) is 0. The molecule has 2 heterocycles. The summed E-state index contributed by atoms with van der Waals surface area (Å²) in [6.07, 6.45) is 5.47. The second-order valence-corrected chi connectivity index (χ2v) is 4.09. The van der Waals surface area contributed by atoms with Crippen molar-refractivity contribution in [3.63, 3.8) is 0 Å². The Kier molecular flexibility index (Phi) is 6.98. The van der Waals surface area contributed by atoms with Crippen molar-refractivity contribution in [3.05, 3.63) is 54.5 Å². The largest absolute Gasteiger partial charge is 0.361 e. The maximum Gasteiger partial charge on any atom is 0.184 e. The highest BCUT2D eigenvalue weighted by Gasteiger charge is 2.27. The van der Waals surface area contributed by atoms with Crippen LogP contribution in [0.25, 0.3) is 0 Å². The summed E-state index contributed by atoms with van der Waals surface area (Å²) in [6.45, 7) is 13.9. The molecule has 1 aliphatic heterocycles. The van der Waals surface area contributed by atoms with Crippen LogP contribution in [0.5, 0.6) is 0 Å². The monoisotopic (exact) mass is 277 g/mol. The molecule has 0 aliphatic carbocycles. The number of allylic oxidation sites excluding steroid dienone is 2. The Balaban J connectivity index is 0.000000956. The van der Waals surface area contributed by atoms with Gasteiger partial charge in [-0.2, -0.15) is 0 Å². The normalized spacial score (nSPS) is 22.6. The lowest BCUT2D eigenvalue weighted by Gasteiger charge is -2.29. The van der Waals surface area contributed by atoms with Crippen molar-refractivity contribution in [3.8, 4) is 0 Å². The highest BCUT2D eigenvalue weighted by Crippen LogP contribution is 2.29. The molecule has 1 aliphatic rings. The maximum atomic E-state index is 5.86. The van der Waals surface area contributed by atoms with E-state index in [1.165, 1.54) is 0 Å². The molecule has 1 saturated heterocycles. The van der Waals surface area contributed by atoms with Gasteiger partial charge in [-0.1, -0.05) is 50.4 Å². The fourth-order valence-electron chi connectivity index (χ4n) is 1.85. The lowest BCUT2D eigenvalue weighted by Crippen LogP contribution is -2.28. The highest BCUT2D eigenvalue weighted by molar-refractivity contribution is 5.24. The van der Waals surface area contributed by atoms with E-state index in [1.807, 2.05) is 32.9 Å². The van der Waals surface area contributed by atoms with Gasteiger partial charge in [-0.15, -0.1) is 0 Å². The average Bonchev–Trinajstić information content (AvgIpc) is 2.93. The van der Waals surface area contributed by atoms with Crippen LogP contribution in [-0.4, -0.2) is 18.1 Å². The van der Waals surface area contributed by atoms with Crippen LogP contribution in [0.3, 0.4) is 0 Å². The zero-order valence-corrected chi connectivity index (χ0v) is 12.5. The van der Waals surface area contributed by atoms with Crippen LogP contribution in [0.4, 0.5) is 0 Å². The van der Waals surface area contributed by atoms with Crippen molar-refractivity contribution in [2.24, 2.45) is 0 Å². The molecule has 0 N–H and O–H groups in total. The van der Waals surface area contributed by atoms with Gasteiger partial charge in [0.2, 0.25) is 0 Å². The van der Waals surface area contributed by atoms with Gasteiger partial charge in [0.05, 0.1) is 6.61 Å². The predicted octanol–water partition coefficient (Wildman–Crippen LogP) is 4.11. The van der Waals surface area contributed by atoms with Crippen molar-refractivity contribution >= 4 is 0 Å².